The van der Waals surface area contributed by atoms with Crippen LogP contribution in [0.1, 0.15) is 58.3 Å². The zero-order valence-corrected chi connectivity index (χ0v) is 14.1. The molecule has 126 valence electrons. The van der Waals surface area contributed by atoms with Crippen molar-refractivity contribution in [3.63, 3.8) is 0 Å². The summed E-state index contributed by atoms with van der Waals surface area (Å²) in [5.41, 5.74) is 0. The molecular formula is C20H28O3. The van der Waals surface area contributed by atoms with Crippen LogP contribution in [0.2, 0.25) is 0 Å². The van der Waals surface area contributed by atoms with Crippen LogP contribution in [-0.4, -0.2) is 24.3 Å². The van der Waals surface area contributed by atoms with Crippen LogP contribution in [0.3, 0.4) is 0 Å². The number of hydrogen-bond acceptors (Lipinski definition) is 3. The average Bonchev–Trinajstić information content (AvgIpc) is 2.53. The molecule has 0 spiro atoms. The summed E-state index contributed by atoms with van der Waals surface area (Å²) in [4.78, 5) is 10.5. The van der Waals surface area contributed by atoms with E-state index in [9.17, 15) is 4.79 Å². The Balaban J connectivity index is 3.48. The molecular weight excluding hydrogens is 288 g/mol. The van der Waals surface area contributed by atoms with E-state index in [1.807, 2.05) is 0 Å². The van der Waals surface area contributed by atoms with Gasteiger partial charge < -0.3 is 9.84 Å². The molecule has 0 aromatic heterocycles. The van der Waals surface area contributed by atoms with Crippen molar-refractivity contribution in [1.29, 1.82) is 0 Å². The predicted molar refractivity (Wildman–Crippen MR) is 94.5 cm³/mol. The van der Waals surface area contributed by atoms with E-state index in [2.05, 4.69) is 35.8 Å². The third kappa shape index (κ3) is 20.0. The van der Waals surface area contributed by atoms with Crippen molar-refractivity contribution in [3.05, 3.63) is 24.3 Å². The lowest BCUT2D eigenvalue weighted by Crippen LogP contribution is -1.96. The average molecular weight is 316 g/mol. The van der Waals surface area contributed by atoms with E-state index >= 15 is 0 Å². The van der Waals surface area contributed by atoms with Crippen molar-refractivity contribution < 1.29 is 14.6 Å². The van der Waals surface area contributed by atoms with Crippen LogP contribution in [0.4, 0.5) is 0 Å². The molecule has 0 saturated carbocycles. The zero-order chi connectivity index (χ0) is 17.0. The number of unbranched alkanes of at least 4 members (excludes halogenated alkanes) is 6. The Hall–Kier alpha value is -1.97. The van der Waals surface area contributed by atoms with Crippen molar-refractivity contribution >= 4 is 5.97 Å². The van der Waals surface area contributed by atoms with Gasteiger partial charge in [0.15, 0.2) is 0 Å². The molecule has 3 heteroatoms. The molecule has 0 aromatic carbocycles. The fourth-order valence-electron chi connectivity index (χ4n) is 1.79. The molecule has 0 atom stereocenters. The Morgan fingerprint density at radius 1 is 1.00 bits per heavy atom. The second kappa shape index (κ2) is 18.1. The molecule has 0 aliphatic rings. The van der Waals surface area contributed by atoms with Gasteiger partial charge in [-0.15, -0.1) is 0 Å². The van der Waals surface area contributed by atoms with Gasteiger partial charge in [0.1, 0.15) is 6.61 Å². The fourth-order valence-corrected chi connectivity index (χ4v) is 1.79. The van der Waals surface area contributed by atoms with Crippen molar-refractivity contribution in [2.45, 2.75) is 58.3 Å². The molecule has 0 rings (SSSR count). The maximum Gasteiger partial charge on any atom is 0.302 e. The summed E-state index contributed by atoms with van der Waals surface area (Å²) in [5.74, 6) is 10.9. The second-order valence-corrected chi connectivity index (χ2v) is 5.09. The molecule has 1 N–H and O–H groups in total. The largest absolute Gasteiger partial charge is 0.462 e. The summed E-state index contributed by atoms with van der Waals surface area (Å²) >= 11 is 0. The molecule has 0 amide bonds. The Kier molecular flexibility index (Phi) is 16.5. The third-order valence-electron chi connectivity index (χ3n) is 2.97. The smallest absolute Gasteiger partial charge is 0.302 e. The number of rotatable bonds is 11. The number of carbonyl (C=O) groups is 1. The molecule has 0 unspecified atom stereocenters. The van der Waals surface area contributed by atoms with E-state index in [-0.39, 0.29) is 12.6 Å². The van der Waals surface area contributed by atoms with Crippen LogP contribution >= 0.6 is 0 Å². The first-order chi connectivity index (χ1) is 11.3. The lowest BCUT2D eigenvalue weighted by Gasteiger charge is -1.98. The first-order valence-electron chi connectivity index (χ1n) is 8.30. The summed E-state index contributed by atoms with van der Waals surface area (Å²) in [7, 11) is 0. The first kappa shape index (κ1) is 21.0. The second-order valence-electron chi connectivity index (χ2n) is 5.09. The van der Waals surface area contributed by atoms with Gasteiger partial charge in [0, 0.05) is 20.0 Å². The standard InChI is InChI=1S/C20H28O3/c1-20(22)23-19-17-15-13-11-9-7-5-3-2-4-6-8-10-12-14-16-18-21/h2-3,15,17,21H,4-6,8,10,12,14,16,18-19H2,1H3. The van der Waals surface area contributed by atoms with Crippen molar-refractivity contribution in [2.75, 3.05) is 13.2 Å². The van der Waals surface area contributed by atoms with Crippen molar-refractivity contribution in [1.82, 2.24) is 0 Å². The number of carbonyl (C=O) groups excluding carboxylic acids is 1. The third-order valence-corrected chi connectivity index (χ3v) is 2.97. The van der Waals surface area contributed by atoms with Crippen LogP contribution in [0, 0.1) is 23.7 Å². The Labute approximate surface area is 140 Å². The summed E-state index contributed by atoms with van der Waals surface area (Å²) in [6.07, 6.45) is 16.4. The molecule has 0 bridgehead atoms. The quantitative estimate of drug-likeness (QED) is 0.273. The Bertz CT molecular complexity index is 467. The lowest BCUT2D eigenvalue weighted by molar-refractivity contribution is -0.139. The van der Waals surface area contributed by atoms with Crippen LogP contribution in [-0.2, 0) is 9.53 Å². The number of ether oxygens (including phenoxy) is 1. The van der Waals surface area contributed by atoms with Crippen LogP contribution < -0.4 is 0 Å². The molecule has 0 aliphatic carbocycles. The van der Waals surface area contributed by atoms with Gasteiger partial charge in [-0.2, -0.15) is 0 Å². The van der Waals surface area contributed by atoms with Gasteiger partial charge in [-0.25, -0.2) is 0 Å². The Morgan fingerprint density at radius 3 is 2.48 bits per heavy atom. The van der Waals surface area contributed by atoms with Crippen molar-refractivity contribution in [2.24, 2.45) is 0 Å². The number of hydrogen-bond donors (Lipinski definition) is 1. The summed E-state index contributed by atoms with van der Waals surface area (Å²) in [6.45, 7) is 1.94. The fraction of sp³-hybridized carbons (Fsp3) is 0.550. The van der Waals surface area contributed by atoms with Gasteiger partial charge in [-0.1, -0.05) is 49.7 Å². The summed E-state index contributed by atoms with van der Waals surface area (Å²) in [6, 6.07) is 0. The Morgan fingerprint density at radius 2 is 1.74 bits per heavy atom. The van der Waals surface area contributed by atoms with E-state index in [1.54, 1.807) is 12.2 Å². The molecule has 0 aliphatic heterocycles. The maximum absolute atomic E-state index is 10.5. The SMILES string of the molecule is CC(=O)OCC=CC#CC#CCC=CCCCCCCCCO. The van der Waals surface area contributed by atoms with Gasteiger partial charge >= 0.3 is 5.97 Å². The monoisotopic (exact) mass is 316 g/mol. The highest BCUT2D eigenvalue weighted by Crippen LogP contribution is 2.07. The number of aliphatic hydroxyl groups excluding tert-OH is 1. The summed E-state index contributed by atoms with van der Waals surface area (Å²) in [5, 5.41) is 8.66. The highest BCUT2D eigenvalue weighted by molar-refractivity contribution is 5.66. The van der Waals surface area contributed by atoms with Crippen LogP contribution in [0.25, 0.3) is 0 Å². The molecule has 23 heavy (non-hydrogen) atoms. The molecule has 0 radical (unpaired) electrons. The molecule has 3 nitrogen and oxygen atoms in total. The molecule has 0 heterocycles. The first-order valence-corrected chi connectivity index (χ1v) is 8.30. The normalized spacial score (nSPS) is 10.2. The zero-order valence-electron chi connectivity index (χ0n) is 14.1. The lowest BCUT2D eigenvalue weighted by atomic mass is 10.1. The highest BCUT2D eigenvalue weighted by Gasteiger charge is 1.89. The van der Waals surface area contributed by atoms with Crippen molar-refractivity contribution in [3.8, 4) is 23.7 Å². The van der Waals surface area contributed by atoms with Gasteiger partial charge in [-0.05, 0) is 43.3 Å². The summed E-state index contributed by atoms with van der Waals surface area (Å²) < 4.78 is 4.72. The minimum absolute atomic E-state index is 0.252. The number of allylic oxidation sites excluding steroid dienone is 3. The number of esters is 1. The van der Waals surface area contributed by atoms with Crippen LogP contribution in [0.15, 0.2) is 24.3 Å². The molecule has 0 saturated heterocycles. The van der Waals surface area contributed by atoms with E-state index in [0.29, 0.717) is 6.61 Å². The van der Waals surface area contributed by atoms with Gasteiger partial charge in [0.25, 0.3) is 0 Å². The minimum atomic E-state index is -0.295. The van der Waals surface area contributed by atoms with E-state index in [0.717, 1.165) is 25.7 Å². The van der Waals surface area contributed by atoms with Gasteiger partial charge in [0.05, 0.1) is 0 Å². The van der Waals surface area contributed by atoms with E-state index in [4.69, 9.17) is 9.84 Å². The predicted octanol–water partition coefficient (Wildman–Crippen LogP) is 3.78. The molecule has 0 fully saturated rings. The van der Waals surface area contributed by atoms with E-state index in [1.165, 1.54) is 32.6 Å². The van der Waals surface area contributed by atoms with Gasteiger partial charge in [-0.3, -0.25) is 4.79 Å². The van der Waals surface area contributed by atoms with E-state index < -0.39 is 0 Å². The molecule has 0 aromatic rings. The van der Waals surface area contributed by atoms with Crippen LogP contribution in [0.5, 0.6) is 0 Å². The maximum atomic E-state index is 10.5. The highest BCUT2D eigenvalue weighted by atomic mass is 16.5. The van der Waals surface area contributed by atoms with Gasteiger partial charge in [0.2, 0.25) is 0 Å². The topological polar surface area (TPSA) is 46.5 Å². The number of aliphatic hydroxyl groups is 1. The minimum Gasteiger partial charge on any atom is -0.462 e.